The molecule has 1 N–H and O–H groups in total. The quantitative estimate of drug-likeness (QED) is 0.422. The molecule has 0 aliphatic heterocycles. The van der Waals surface area contributed by atoms with Gasteiger partial charge in [-0.15, -0.1) is 0 Å². The Labute approximate surface area is 200 Å². The molecule has 0 saturated heterocycles. The van der Waals surface area contributed by atoms with E-state index in [-0.39, 0.29) is 17.5 Å². The summed E-state index contributed by atoms with van der Waals surface area (Å²) < 4.78 is 1.77. The molecule has 0 spiro atoms. The highest BCUT2D eigenvalue weighted by molar-refractivity contribution is 5.94. The van der Waals surface area contributed by atoms with Crippen molar-refractivity contribution in [3.8, 4) is 0 Å². The third-order valence-corrected chi connectivity index (χ3v) is 6.37. The molecule has 34 heavy (non-hydrogen) atoms. The van der Waals surface area contributed by atoms with Crippen LogP contribution in [0.3, 0.4) is 0 Å². The monoisotopic (exact) mass is 453 g/mol. The molecular weight excluding hydrogens is 422 g/mol. The van der Waals surface area contributed by atoms with Crippen LogP contribution in [0.15, 0.2) is 71.5 Å². The van der Waals surface area contributed by atoms with Gasteiger partial charge in [-0.25, -0.2) is 4.98 Å². The number of carbonyl (C=O) groups excluding carboxylic acids is 1. The lowest BCUT2D eigenvalue weighted by atomic mass is 10.1. The molecule has 3 aromatic carbocycles. The maximum Gasteiger partial charge on any atom is 0.272 e. The van der Waals surface area contributed by atoms with E-state index in [4.69, 9.17) is 0 Å². The summed E-state index contributed by atoms with van der Waals surface area (Å²) in [5.74, 6) is -0.0828. The molecule has 174 valence electrons. The zero-order valence-corrected chi connectivity index (χ0v) is 20.3. The molecule has 0 bridgehead atoms. The molecule has 1 amide bonds. The maximum absolute atomic E-state index is 12.9. The summed E-state index contributed by atoms with van der Waals surface area (Å²) in [6.45, 7) is 8.30. The van der Waals surface area contributed by atoms with Crippen LogP contribution in [0.4, 0.5) is 0 Å². The molecule has 1 heterocycles. The van der Waals surface area contributed by atoms with Crippen LogP contribution in [0.2, 0.25) is 0 Å². The molecule has 5 heteroatoms. The van der Waals surface area contributed by atoms with E-state index in [9.17, 15) is 9.59 Å². The highest BCUT2D eigenvalue weighted by Gasteiger charge is 2.13. The summed E-state index contributed by atoms with van der Waals surface area (Å²) in [6, 6.07) is 21.9. The van der Waals surface area contributed by atoms with Gasteiger partial charge in [0.1, 0.15) is 5.69 Å². The normalized spacial score (nSPS) is 12.0. The number of fused-ring (bicyclic) bond motifs is 1. The van der Waals surface area contributed by atoms with Gasteiger partial charge in [-0.3, -0.25) is 9.59 Å². The van der Waals surface area contributed by atoms with Crippen LogP contribution in [0.25, 0.3) is 11.0 Å². The molecular formula is C29H31N3O2. The van der Waals surface area contributed by atoms with Gasteiger partial charge in [0.2, 0.25) is 0 Å². The Morgan fingerprint density at radius 3 is 2.32 bits per heavy atom. The fourth-order valence-electron chi connectivity index (χ4n) is 4.13. The average Bonchev–Trinajstić information content (AvgIpc) is 2.83. The smallest absolute Gasteiger partial charge is 0.272 e. The number of hydrogen-bond donors (Lipinski definition) is 1. The summed E-state index contributed by atoms with van der Waals surface area (Å²) >= 11 is 0. The third-order valence-electron chi connectivity index (χ3n) is 6.37. The van der Waals surface area contributed by atoms with E-state index in [2.05, 4.69) is 22.4 Å². The molecule has 0 radical (unpaired) electrons. The predicted molar refractivity (Wildman–Crippen MR) is 137 cm³/mol. The number of aryl methyl sites for hydroxylation is 4. The third kappa shape index (κ3) is 5.25. The second-order valence-corrected chi connectivity index (χ2v) is 9.11. The molecule has 0 fully saturated rings. The van der Waals surface area contributed by atoms with Gasteiger partial charge in [-0.05, 0) is 87.1 Å². The van der Waals surface area contributed by atoms with Crippen LogP contribution in [-0.4, -0.2) is 21.5 Å². The van der Waals surface area contributed by atoms with Crippen molar-refractivity contribution in [3.05, 3.63) is 111 Å². The van der Waals surface area contributed by atoms with E-state index in [0.29, 0.717) is 17.8 Å². The zero-order valence-electron chi connectivity index (χ0n) is 20.3. The first-order valence-electron chi connectivity index (χ1n) is 11.7. The second kappa shape index (κ2) is 10.0. The molecule has 5 nitrogen and oxygen atoms in total. The number of aromatic nitrogens is 2. The van der Waals surface area contributed by atoms with E-state index in [0.717, 1.165) is 40.6 Å². The Balaban J connectivity index is 1.46. The molecule has 0 aliphatic rings. The van der Waals surface area contributed by atoms with Gasteiger partial charge in [0.15, 0.2) is 0 Å². The van der Waals surface area contributed by atoms with Gasteiger partial charge in [0, 0.05) is 11.6 Å². The number of carbonyl (C=O) groups is 1. The molecule has 1 atom stereocenters. The van der Waals surface area contributed by atoms with Crippen molar-refractivity contribution in [2.75, 3.05) is 0 Å². The summed E-state index contributed by atoms with van der Waals surface area (Å²) in [6.07, 6.45) is 1.80. The number of nitrogens with zero attached hydrogens (tertiary/aromatic N) is 2. The van der Waals surface area contributed by atoms with E-state index in [1.807, 2.05) is 75.4 Å². The minimum atomic E-state index is -0.0928. The highest BCUT2D eigenvalue weighted by atomic mass is 16.1. The first kappa shape index (κ1) is 23.4. The van der Waals surface area contributed by atoms with E-state index < -0.39 is 0 Å². The highest BCUT2D eigenvalue weighted by Crippen LogP contribution is 2.18. The van der Waals surface area contributed by atoms with Gasteiger partial charge in [0.05, 0.1) is 17.6 Å². The van der Waals surface area contributed by atoms with E-state index in [1.165, 1.54) is 5.56 Å². The lowest BCUT2D eigenvalue weighted by Gasteiger charge is -2.15. The van der Waals surface area contributed by atoms with Crippen LogP contribution in [-0.2, 0) is 13.0 Å². The van der Waals surface area contributed by atoms with Crippen molar-refractivity contribution >= 4 is 16.9 Å². The fourth-order valence-corrected chi connectivity index (χ4v) is 4.13. The number of hydrogen-bond acceptors (Lipinski definition) is 3. The number of benzene rings is 3. The summed E-state index contributed by atoms with van der Waals surface area (Å²) in [5.41, 5.74) is 7.16. The number of nitrogens with one attached hydrogen (secondary N) is 1. The lowest BCUT2D eigenvalue weighted by Crippen LogP contribution is -2.32. The van der Waals surface area contributed by atoms with Gasteiger partial charge in [-0.2, -0.15) is 0 Å². The largest absolute Gasteiger partial charge is 0.350 e. The van der Waals surface area contributed by atoms with Crippen LogP contribution in [0, 0.1) is 20.8 Å². The SMILES string of the molecule is Cc1cc2nc(C)c(=O)n(Cc3ccc(C(=O)N[C@@H](C)CCc4ccccc4)cc3)c2cc1C. The number of rotatable bonds is 7. The fraction of sp³-hybridized carbons (Fsp3) is 0.276. The van der Waals surface area contributed by atoms with Crippen LogP contribution in [0.5, 0.6) is 0 Å². The van der Waals surface area contributed by atoms with Crippen molar-refractivity contribution in [2.45, 2.75) is 53.1 Å². The van der Waals surface area contributed by atoms with E-state index >= 15 is 0 Å². The van der Waals surface area contributed by atoms with Crippen LogP contribution < -0.4 is 10.9 Å². The van der Waals surface area contributed by atoms with Crippen molar-refractivity contribution in [1.29, 1.82) is 0 Å². The minimum Gasteiger partial charge on any atom is -0.350 e. The zero-order chi connectivity index (χ0) is 24.2. The van der Waals surface area contributed by atoms with Gasteiger partial charge in [-0.1, -0.05) is 42.5 Å². The van der Waals surface area contributed by atoms with Crippen molar-refractivity contribution in [3.63, 3.8) is 0 Å². The lowest BCUT2D eigenvalue weighted by molar-refractivity contribution is 0.0938. The maximum atomic E-state index is 12.9. The van der Waals surface area contributed by atoms with Crippen LogP contribution >= 0.6 is 0 Å². The van der Waals surface area contributed by atoms with Gasteiger partial charge in [0.25, 0.3) is 11.5 Å². The van der Waals surface area contributed by atoms with Crippen LogP contribution in [0.1, 0.15) is 51.7 Å². The van der Waals surface area contributed by atoms with Crippen molar-refractivity contribution < 1.29 is 4.79 Å². The molecule has 4 rings (SSSR count). The molecule has 0 unspecified atom stereocenters. The molecule has 0 aliphatic carbocycles. The van der Waals surface area contributed by atoms with E-state index in [1.54, 1.807) is 11.5 Å². The summed E-state index contributed by atoms with van der Waals surface area (Å²) in [4.78, 5) is 30.1. The predicted octanol–water partition coefficient (Wildman–Crippen LogP) is 5.12. The van der Waals surface area contributed by atoms with Crippen molar-refractivity contribution in [1.82, 2.24) is 14.9 Å². The second-order valence-electron chi connectivity index (χ2n) is 9.11. The molecule has 4 aromatic rings. The Kier molecular flexibility index (Phi) is 6.92. The molecule has 0 saturated carbocycles. The standard InChI is InChI=1S/C29H31N3O2/c1-19-16-26-27(17-20(19)2)32(29(34)22(4)31-26)18-24-12-14-25(15-13-24)28(33)30-21(3)10-11-23-8-6-5-7-9-23/h5-9,12-17,21H,10-11,18H2,1-4H3,(H,30,33)/t21-/m0/s1. The Morgan fingerprint density at radius 1 is 0.941 bits per heavy atom. The summed E-state index contributed by atoms with van der Waals surface area (Å²) in [7, 11) is 0. The first-order chi connectivity index (χ1) is 16.3. The van der Waals surface area contributed by atoms with Crippen molar-refractivity contribution in [2.24, 2.45) is 0 Å². The first-order valence-corrected chi connectivity index (χ1v) is 11.7. The Morgan fingerprint density at radius 2 is 1.62 bits per heavy atom. The summed E-state index contributed by atoms with van der Waals surface area (Å²) in [5, 5.41) is 3.09. The molecule has 1 aromatic heterocycles. The topological polar surface area (TPSA) is 64.0 Å². The minimum absolute atomic E-state index is 0.0730. The Hall–Kier alpha value is -3.73. The average molecular weight is 454 g/mol. The Bertz CT molecular complexity index is 1370. The van der Waals surface area contributed by atoms with Gasteiger partial charge >= 0.3 is 0 Å². The van der Waals surface area contributed by atoms with Gasteiger partial charge < -0.3 is 9.88 Å². The number of amides is 1.